The molecule has 0 amide bonds. The van der Waals surface area contributed by atoms with Gasteiger partial charge in [-0.15, -0.1) is 37.2 Å². The van der Waals surface area contributed by atoms with E-state index >= 15 is 0 Å². The molecule has 4 heteroatoms. The van der Waals surface area contributed by atoms with Crippen molar-refractivity contribution >= 4 is 37.2 Å². The van der Waals surface area contributed by atoms with Crippen LogP contribution in [0.4, 0.5) is 0 Å². The van der Waals surface area contributed by atoms with Crippen LogP contribution in [-0.2, 0) is 21.7 Å². The quantitative estimate of drug-likeness (QED) is 0.457. The molecule has 0 N–H and O–H groups in total. The second-order valence-corrected chi connectivity index (χ2v) is 1.98. The molecular weight excluding hydrogens is 238 g/mol. The number of allylic oxidation sites excluding steroid dienone is 4. The number of hydrogen-bond acceptors (Lipinski definition) is 0. The van der Waals surface area contributed by atoms with Gasteiger partial charge < -0.3 is 0 Å². The predicted molar refractivity (Wildman–Crippen MR) is 52.5 cm³/mol. The van der Waals surface area contributed by atoms with E-state index in [-0.39, 0.29) is 58.9 Å². The second kappa shape index (κ2) is 11.1. The minimum Gasteiger partial charge on any atom is -0.267 e. The first-order chi connectivity index (χ1) is 3.29. The first-order valence-electron chi connectivity index (χ1n) is 2.57. The molecule has 0 heterocycles. The Bertz CT molecular complexity index is 132. The summed E-state index contributed by atoms with van der Waals surface area (Å²) in [6.07, 6.45) is 7.47. The van der Waals surface area contributed by atoms with Crippen LogP contribution in [0.3, 0.4) is 0 Å². The molecule has 11 heavy (non-hydrogen) atoms. The van der Waals surface area contributed by atoms with E-state index < -0.39 is 0 Å². The van der Waals surface area contributed by atoms with Crippen LogP contribution in [0.2, 0.25) is 0 Å². The van der Waals surface area contributed by atoms with Crippen molar-refractivity contribution in [2.24, 2.45) is 5.92 Å². The van der Waals surface area contributed by atoms with Gasteiger partial charge >= 0.3 is 0 Å². The van der Waals surface area contributed by atoms with Crippen LogP contribution in [0, 0.1) is 12.0 Å². The van der Waals surface area contributed by atoms with Gasteiger partial charge in [0.1, 0.15) is 0 Å². The van der Waals surface area contributed by atoms with E-state index in [9.17, 15) is 0 Å². The van der Waals surface area contributed by atoms with Crippen LogP contribution in [0.15, 0.2) is 17.7 Å². The minimum atomic E-state index is 0. The van der Waals surface area contributed by atoms with Gasteiger partial charge in [0.05, 0.1) is 0 Å². The normalized spacial score (nSPS) is 18.0. The molecule has 0 saturated heterocycles. The monoisotopic (exact) mass is 249 g/mol. The molecule has 0 bridgehead atoms. The number of rotatable bonds is 0. The molecule has 0 aliphatic heterocycles. The zero-order valence-corrected chi connectivity index (χ0v) is 10.5. The topological polar surface area (TPSA) is 0 Å². The van der Waals surface area contributed by atoms with Crippen LogP contribution < -0.4 is 0 Å². The predicted octanol–water partition coefficient (Wildman–Crippen LogP) is 3.20. The Morgan fingerprint density at radius 2 is 1.73 bits per heavy atom. The summed E-state index contributed by atoms with van der Waals surface area (Å²) in [7, 11) is 0. The average Bonchev–Trinajstić information content (AvgIpc) is 1.87. The fourth-order valence-electron chi connectivity index (χ4n) is 0.744. The van der Waals surface area contributed by atoms with E-state index in [1.165, 1.54) is 5.57 Å². The van der Waals surface area contributed by atoms with Gasteiger partial charge in [0.2, 0.25) is 0 Å². The van der Waals surface area contributed by atoms with Crippen LogP contribution in [0.25, 0.3) is 0 Å². The Labute approximate surface area is 102 Å². The Morgan fingerprint density at radius 3 is 1.82 bits per heavy atom. The van der Waals surface area contributed by atoms with Crippen molar-refractivity contribution in [3.8, 4) is 0 Å². The van der Waals surface area contributed by atoms with Crippen molar-refractivity contribution in [3.05, 3.63) is 23.8 Å². The smallest absolute Gasteiger partial charge is 0 e. The summed E-state index contributed by atoms with van der Waals surface area (Å²) in [4.78, 5) is 0. The van der Waals surface area contributed by atoms with Gasteiger partial charge in [-0.1, -0.05) is 19.8 Å². The number of hydrogen-bond donors (Lipinski definition) is 0. The fraction of sp³-hybridized carbons (Fsp3) is 0.429. The van der Waals surface area contributed by atoms with Gasteiger partial charge in [0.15, 0.2) is 0 Å². The summed E-state index contributed by atoms with van der Waals surface area (Å²) in [6.45, 7) is 4.20. The Morgan fingerprint density at radius 1 is 1.27 bits per heavy atom. The van der Waals surface area contributed by atoms with Crippen molar-refractivity contribution in [2.45, 2.75) is 13.8 Å². The van der Waals surface area contributed by atoms with Crippen LogP contribution in [-0.4, -0.2) is 0 Å². The zero-order chi connectivity index (χ0) is 5.28. The van der Waals surface area contributed by atoms with Crippen molar-refractivity contribution in [3.63, 3.8) is 0 Å². The van der Waals surface area contributed by atoms with E-state index in [0.29, 0.717) is 5.92 Å². The van der Waals surface area contributed by atoms with Crippen molar-refractivity contribution in [1.82, 2.24) is 0 Å². The third-order valence-corrected chi connectivity index (χ3v) is 1.09. The Hall–Kier alpha value is 1.06. The largest absolute Gasteiger partial charge is 0.267 e. The van der Waals surface area contributed by atoms with Gasteiger partial charge in [-0.3, -0.25) is 6.08 Å². The van der Waals surface area contributed by atoms with Crippen molar-refractivity contribution in [2.75, 3.05) is 0 Å². The minimum absolute atomic E-state index is 0. The first-order valence-corrected chi connectivity index (χ1v) is 2.57. The molecule has 66 valence electrons. The molecule has 1 aliphatic rings. The third-order valence-electron chi connectivity index (χ3n) is 1.09. The molecule has 0 nitrogen and oxygen atoms in total. The van der Waals surface area contributed by atoms with E-state index in [0.717, 1.165) is 0 Å². The maximum absolute atomic E-state index is 3.22. The molecule has 0 spiro atoms. The van der Waals surface area contributed by atoms with Gasteiger partial charge in [0.25, 0.3) is 0 Å². The third kappa shape index (κ3) is 8.97. The molecule has 1 rings (SSSR count). The van der Waals surface area contributed by atoms with Crippen molar-refractivity contribution < 1.29 is 21.7 Å². The standard InChI is InChI=1S/C7H9.3ClH.Ti/c1-6-3-4-7(2)5-6;;;;/h3-4,6H,1-2H3;3*1H;/q-1;;;;. The number of halogens is 3. The molecule has 0 saturated carbocycles. The molecule has 0 radical (unpaired) electrons. The fourth-order valence-corrected chi connectivity index (χ4v) is 0.744. The molecular formula is C7H12Cl3Ti-. The summed E-state index contributed by atoms with van der Waals surface area (Å²) in [6, 6.07) is 0. The SMILES string of the molecule is CC1=[C-]C(C)C=C1.Cl.Cl.Cl.[Ti]. The summed E-state index contributed by atoms with van der Waals surface area (Å²) in [5.41, 5.74) is 1.27. The first kappa shape index (κ1) is 22.7. The Kier molecular flexibility index (Phi) is 22.8. The van der Waals surface area contributed by atoms with Gasteiger partial charge in [-0.25, -0.2) is 11.6 Å². The van der Waals surface area contributed by atoms with E-state index in [1.807, 2.05) is 0 Å². The maximum atomic E-state index is 3.22. The summed E-state index contributed by atoms with van der Waals surface area (Å²) in [5.74, 6) is 0.556. The van der Waals surface area contributed by atoms with Crippen LogP contribution in [0.1, 0.15) is 13.8 Å². The molecule has 0 aromatic carbocycles. The van der Waals surface area contributed by atoms with Crippen LogP contribution >= 0.6 is 37.2 Å². The molecule has 1 atom stereocenters. The molecule has 1 unspecified atom stereocenters. The van der Waals surface area contributed by atoms with E-state index in [2.05, 4.69) is 32.1 Å². The molecule has 0 aromatic rings. The van der Waals surface area contributed by atoms with Gasteiger partial charge in [-0.05, 0) is 0 Å². The summed E-state index contributed by atoms with van der Waals surface area (Å²) < 4.78 is 0. The van der Waals surface area contributed by atoms with Crippen LogP contribution in [0.5, 0.6) is 0 Å². The average molecular weight is 250 g/mol. The molecule has 1 aliphatic carbocycles. The molecule has 0 fully saturated rings. The van der Waals surface area contributed by atoms with E-state index in [1.54, 1.807) is 0 Å². The summed E-state index contributed by atoms with van der Waals surface area (Å²) >= 11 is 0. The van der Waals surface area contributed by atoms with Gasteiger partial charge in [0, 0.05) is 21.7 Å². The maximum Gasteiger partial charge on any atom is 0 e. The second-order valence-electron chi connectivity index (χ2n) is 1.98. The Balaban J connectivity index is -0.0000000612. The zero-order valence-electron chi connectivity index (χ0n) is 6.46. The molecule has 0 aromatic heterocycles. The van der Waals surface area contributed by atoms with Crippen molar-refractivity contribution in [1.29, 1.82) is 0 Å². The summed E-state index contributed by atoms with van der Waals surface area (Å²) in [5, 5.41) is 0. The van der Waals surface area contributed by atoms with Gasteiger partial charge in [-0.2, -0.15) is 6.08 Å². The van der Waals surface area contributed by atoms with E-state index in [4.69, 9.17) is 0 Å².